The number of nitrogens with zero attached hydrogens (tertiary/aromatic N) is 3. The smallest absolute Gasteiger partial charge is 0.138 e. The van der Waals surface area contributed by atoms with Crippen molar-refractivity contribution in [3.8, 4) is 0 Å². The van der Waals surface area contributed by atoms with E-state index < -0.39 is 0 Å². The average Bonchev–Trinajstić information content (AvgIpc) is 2.74. The summed E-state index contributed by atoms with van der Waals surface area (Å²) < 4.78 is 0. The molecule has 0 atom stereocenters. The van der Waals surface area contributed by atoms with E-state index in [2.05, 4.69) is 69.5 Å². The van der Waals surface area contributed by atoms with Gasteiger partial charge < -0.3 is 0 Å². The molecular formula is C24H17N3. The number of hydrogen-bond donors (Lipinski definition) is 0. The molecule has 3 aromatic carbocycles. The van der Waals surface area contributed by atoms with Crippen molar-refractivity contribution in [1.82, 2.24) is 9.97 Å². The first-order valence-corrected chi connectivity index (χ1v) is 8.94. The molecule has 0 bridgehead atoms. The molecule has 0 amide bonds. The molecule has 0 aliphatic rings. The molecule has 0 fully saturated rings. The summed E-state index contributed by atoms with van der Waals surface area (Å²) in [6, 6.07) is 31.2. The molecule has 2 aromatic heterocycles. The maximum atomic E-state index is 4.59. The van der Waals surface area contributed by atoms with E-state index in [1.165, 1.54) is 21.5 Å². The number of hydrogen-bond acceptors (Lipinski definition) is 3. The van der Waals surface area contributed by atoms with Crippen molar-refractivity contribution >= 4 is 38.9 Å². The Hall–Kier alpha value is -3.72. The molecule has 27 heavy (non-hydrogen) atoms. The molecule has 0 N–H and O–H groups in total. The summed E-state index contributed by atoms with van der Waals surface area (Å²) in [5.74, 6) is 1.69. The first-order valence-electron chi connectivity index (χ1n) is 8.94. The number of rotatable bonds is 3. The lowest BCUT2D eigenvalue weighted by Gasteiger charge is -2.24. The fraction of sp³-hybridized carbons (Fsp3) is 0. The van der Waals surface area contributed by atoms with Gasteiger partial charge in [0.05, 0.1) is 5.69 Å². The molecule has 5 aromatic rings. The molecule has 0 radical (unpaired) electrons. The first kappa shape index (κ1) is 15.5. The van der Waals surface area contributed by atoms with Crippen LogP contribution >= 0.6 is 0 Å². The second-order valence-electron chi connectivity index (χ2n) is 6.41. The SMILES string of the molecule is c1ccc(N(c2ccccn2)c2cccc3cc4ccccc4cc23)nc1. The third kappa shape index (κ3) is 2.79. The standard InChI is InChI=1S/C24H17N3/c1-2-9-19-17-21-20(16-18(19)8-1)10-7-11-22(21)27(23-12-3-5-14-25-23)24-13-4-6-15-26-24/h1-17H. The summed E-state index contributed by atoms with van der Waals surface area (Å²) in [6.45, 7) is 0. The zero-order chi connectivity index (χ0) is 18.1. The van der Waals surface area contributed by atoms with Crippen LogP contribution in [0.15, 0.2) is 103 Å². The zero-order valence-electron chi connectivity index (χ0n) is 14.7. The Morgan fingerprint density at radius 1 is 0.519 bits per heavy atom. The van der Waals surface area contributed by atoms with Gasteiger partial charge in [-0.15, -0.1) is 0 Å². The molecular weight excluding hydrogens is 330 g/mol. The van der Waals surface area contributed by atoms with Crippen LogP contribution < -0.4 is 4.90 Å². The fourth-order valence-electron chi connectivity index (χ4n) is 3.48. The second-order valence-corrected chi connectivity index (χ2v) is 6.41. The van der Waals surface area contributed by atoms with Gasteiger partial charge in [-0.05, 0) is 58.6 Å². The van der Waals surface area contributed by atoms with E-state index in [0.717, 1.165) is 17.3 Å². The van der Waals surface area contributed by atoms with Crippen molar-refractivity contribution in [2.45, 2.75) is 0 Å². The Bertz CT molecular complexity index is 1180. The van der Waals surface area contributed by atoms with Crippen molar-refractivity contribution in [2.24, 2.45) is 0 Å². The van der Waals surface area contributed by atoms with E-state index >= 15 is 0 Å². The maximum absolute atomic E-state index is 4.59. The lowest BCUT2D eigenvalue weighted by molar-refractivity contribution is 1.13. The molecule has 2 heterocycles. The minimum Gasteiger partial charge on any atom is -0.278 e. The molecule has 0 saturated heterocycles. The molecule has 0 spiro atoms. The van der Waals surface area contributed by atoms with Crippen molar-refractivity contribution in [2.75, 3.05) is 4.90 Å². The Morgan fingerprint density at radius 3 is 1.74 bits per heavy atom. The van der Waals surface area contributed by atoms with Gasteiger partial charge in [-0.25, -0.2) is 9.97 Å². The van der Waals surface area contributed by atoms with Crippen LogP contribution in [0.25, 0.3) is 21.5 Å². The quantitative estimate of drug-likeness (QED) is 0.361. The van der Waals surface area contributed by atoms with Crippen molar-refractivity contribution in [1.29, 1.82) is 0 Å². The van der Waals surface area contributed by atoms with Gasteiger partial charge in [0.1, 0.15) is 11.6 Å². The predicted molar refractivity (Wildman–Crippen MR) is 112 cm³/mol. The first-order chi connectivity index (χ1) is 13.4. The number of aromatic nitrogens is 2. The monoisotopic (exact) mass is 347 g/mol. The minimum absolute atomic E-state index is 0.844. The highest BCUT2D eigenvalue weighted by Gasteiger charge is 2.17. The molecule has 0 saturated carbocycles. The van der Waals surface area contributed by atoms with Gasteiger partial charge in [0, 0.05) is 17.8 Å². The fourth-order valence-corrected chi connectivity index (χ4v) is 3.48. The summed E-state index contributed by atoms with van der Waals surface area (Å²) in [7, 11) is 0. The summed E-state index contributed by atoms with van der Waals surface area (Å²) in [6.07, 6.45) is 3.62. The molecule has 5 rings (SSSR count). The summed E-state index contributed by atoms with van der Waals surface area (Å²) in [5.41, 5.74) is 1.07. The number of anilines is 3. The van der Waals surface area contributed by atoms with Crippen LogP contribution in [0.5, 0.6) is 0 Å². The van der Waals surface area contributed by atoms with Gasteiger partial charge in [-0.1, -0.05) is 48.5 Å². The molecule has 0 unspecified atom stereocenters. The Balaban J connectivity index is 1.81. The summed E-state index contributed by atoms with van der Waals surface area (Å²) >= 11 is 0. The molecule has 3 nitrogen and oxygen atoms in total. The minimum atomic E-state index is 0.844. The zero-order valence-corrected chi connectivity index (χ0v) is 14.7. The molecule has 0 aliphatic carbocycles. The van der Waals surface area contributed by atoms with Gasteiger partial charge in [-0.2, -0.15) is 0 Å². The van der Waals surface area contributed by atoms with E-state index in [4.69, 9.17) is 0 Å². The van der Waals surface area contributed by atoms with Crippen molar-refractivity contribution in [3.63, 3.8) is 0 Å². The summed E-state index contributed by atoms with van der Waals surface area (Å²) in [5, 5.41) is 4.83. The average molecular weight is 347 g/mol. The molecule has 128 valence electrons. The van der Waals surface area contributed by atoms with E-state index in [9.17, 15) is 0 Å². The lowest BCUT2D eigenvalue weighted by atomic mass is 10.0. The van der Waals surface area contributed by atoms with Gasteiger partial charge in [0.2, 0.25) is 0 Å². The number of pyridine rings is 2. The molecule has 3 heteroatoms. The van der Waals surface area contributed by atoms with Crippen LogP contribution in [0, 0.1) is 0 Å². The van der Waals surface area contributed by atoms with Gasteiger partial charge >= 0.3 is 0 Å². The predicted octanol–water partition coefficient (Wildman–Crippen LogP) is 6.25. The third-order valence-electron chi connectivity index (χ3n) is 4.72. The van der Waals surface area contributed by atoms with Crippen molar-refractivity contribution < 1.29 is 0 Å². The Labute approximate surface area is 157 Å². The Morgan fingerprint density at radius 2 is 1.11 bits per heavy atom. The summed E-state index contributed by atoms with van der Waals surface area (Å²) in [4.78, 5) is 11.3. The van der Waals surface area contributed by atoms with Crippen LogP contribution in [0.4, 0.5) is 17.3 Å². The van der Waals surface area contributed by atoms with E-state index in [-0.39, 0.29) is 0 Å². The molecule has 0 aliphatic heterocycles. The van der Waals surface area contributed by atoms with Crippen molar-refractivity contribution in [3.05, 3.63) is 103 Å². The normalized spacial score (nSPS) is 11.0. The Kier molecular flexibility index (Phi) is 3.76. The topological polar surface area (TPSA) is 29.0 Å². The van der Waals surface area contributed by atoms with Crippen LogP contribution in [0.3, 0.4) is 0 Å². The number of fused-ring (bicyclic) bond motifs is 2. The van der Waals surface area contributed by atoms with E-state index in [1.54, 1.807) is 0 Å². The highest BCUT2D eigenvalue weighted by molar-refractivity contribution is 6.05. The highest BCUT2D eigenvalue weighted by atomic mass is 15.2. The third-order valence-corrected chi connectivity index (χ3v) is 4.72. The maximum Gasteiger partial charge on any atom is 0.138 e. The highest BCUT2D eigenvalue weighted by Crippen LogP contribution is 2.37. The van der Waals surface area contributed by atoms with Gasteiger partial charge in [0.15, 0.2) is 0 Å². The van der Waals surface area contributed by atoms with Crippen LogP contribution in [0.2, 0.25) is 0 Å². The largest absolute Gasteiger partial charge is 0.278 e. The number of benzene rings is 3. The van der Waals surface area contributed by atoms with Crippen LogP contribution in [-0.2, 0) is 0 Å². The van der Waals surface area contributed by atoms with Crippen LogP contribution in [-0.4, -0.2) is 9.97 Å². The van der Waals surface area contributed by atoms with Crippen LogP contribution in [0.1, 0.15) is 0 Å². The van der Waals surface area contributed by atoms with Gasteiger partial charge in [-0.3, -0.25) is 4.90 Å². The van der Waals surface area contributed by atoms with E-state index in [1.807, 2.05) is 48.8 Å². The van der Waals surface area contributed by atoms with E-state index in [0.29, 0.717) is 0 Å². The van der Waals surface area contributed by atoms with Gasteiger partial charge in [0.25, 0.3) is 0 Å². The second kappa shape index (κ2) is 6.54. The lowest BCUT2D eigenvalue weighted by Crippen LogP contribution is -2.13.